The summed E-state index contributed by atoms with van der Waals surface area (Å²) in [6.07, 6.45) is 3.56. The first-order valence-corrected chi connectivity index (χ1v) is 6.81. The maximum absolute atomic E-state index is 9.16. The lowest BCUT2D eigenvalue weighted by Crippen LogP contribution is -3.13. The summed E-state index contributed by atoms with van der Waals surface area (Å²) in [5, 5.41) is 9.16. The number of aliphatic hydroxyl groups excluding tert-OH is 1. The van der Waals surface area contributed by atoms with E-state index in [2.05, 4.69) is 32.6 Å². The van der Waals surface area contributed by atoms with Crippen LogP contribution in [0.4, 0.5) is 0 Å². The molecule has 96 valence electrons. The second-order valence-electron chi connectivity index (χ2n) is 7.27. The van der Waals surface area contributed by atoms with E-state index in [4.69, 9.17) is 5.11 Å². The molecule has 1 saturated heterocycles. The summed E-state index contributed by atoms with van der Waals surface area (Å²) >= 11 is 0. The molecule has 2 heteroatoms. The van der Waals surface area contributed by atoms with Crippen molar-refractivity contribution < 1.29 is 10.0 Å². The molecular weight excluding hydrogens is 210 g/mol. The Balaban J connectivity index is 2.02. The molecule has 0 spiro atoms. The normalized spacial score (nSPS) is 40.5. The monoisotopic (exact) mass is 236 g/mol. The van der Waals surface area contributed by atoms with Gasteiger partial charge in [-0.3, -0.25) is 0 Å². The van der Waals surface area contributed by atoms with Crippen molar-refractivity contribution in [2.45, 2.75) is 59.1 Å². The van der Waals surface area contributed by atoms with Crippen LogP contribution in [0.25, 0.3) is 0 Å². The minimum absolute atomic E-state index is 0.483. The van der Waals surface area contributed by atoms with Gasteiger partial charge in [-0.15, -0.1) is 0 Å². The van der Waals surface area contributed by atoms with Crippen molar-refractivity contribution in [3.05, 3.63) is 0 Å². The van der Waals surface area contributed by atoms with E-state index >= 15 is 0 Å². The van der Waals surface area contributed by atoms with E-state index in [0.29, 0.717) is 10.8 Å². The maximum Gasteiger partial charge on any atom is 0.139 e. The minimum atomic E-state index is -0.483. The zero-order valence-corrected chi connectivity index (χ0v) is 11.6. The van der Waals surface area contributed by atoms with Crippen LogP contribution in [-0.4, -0.2) is 30.3 Å². The van der Waals surface area contributed by atoms with Crippen LogP contribution < -0.4 is 4.90 Å². The smallest absolute Gasteiger partial charge is 0.139 e. The SMILES string of the molecule is C[C@@H](O)C#CC[NH+]1C[C@]2(C)C[C@H]1CC(C)(C)C2. The molecule has 0 aromatic heterocycles. The summed E-state index contributed by atoms with van der Waals surface area (Å²) < 4.78 is 0. The molecule has 2 aliphatic rings. The number of likely N-dealkylation sites (tertiary alicyclic amines) is 1. The molecule has 1 saturated carbocycles. The molecule has 1 aliphatic carbocycles. The Morgan fingerprint density at radius 3 is 2.71 bits per heavy atom. The van der Waals surface area contributed by atoms with Crippen LogP contribution in [0.5, 0.6) is 0 Å². The topological polar surface area (TPSA) is 24.7 Å². The summed E-state index contributed by atoms with van der Waals surface area (Å²) in [5.74, 6) is 6.02. The molecular formula is C15H26NO+. The van der Waals surface area contributed by atoms with Gasteiger partial charge >= 0.3 is 0 Å². The van der Waals surface area contributed by atoms with E-state index in [-0.39, 0.29) is 0 Å². The van der Waals surface area contributed by atoms with Crippen molar-refractivity contribution >= 4 is 0 Å². The minimum Gasteiger partial charge on any atom is -0.381 e. The third-order valence-corrected chi connectivity index (χ3v) is 4.30. The first-order valence-electron chi connectivity index (χ1n) is 6.81. The predicted molar refractivity (Wildman–Crippen MR) is 69.7 cm³/mol. The van der Waals surface area contributed by atoms with Gasteiger partial charge in [0.05, 0.1) is 12.6 Å². The Morgan fingerprint density at radius 1 is 1.35 bits per heavy atom. The number of aliphatic hydroxyl groups is 1. The van der Waals surface area contributed by atoms with Crippen LogP contribution >= 0.6 is 0 Å². The Bertz CT molecular complexity index is 350. The highest BCUT2D eigenvalue weighted by atomic mass is 16.3. The van der Waals surface area contributed by atoms with E-state index in [1.54, 1.807) is 11.8 Å². The number of fused-ring (bicyclic) bond motifs is 2. The lowest BCUT2D eigenvalue weighted by molar-refractivity contribution is -0.907. The Kier molecular flexibility index (Phi) is 3.27. The highest BCUT2D eigenvalue weighted by molar-refractivity contribution is 5.04. The molecule has 0 aromatic rings. The molecule has 17 heavy (non-hydrogen) atoms. The summed E-state index contributed by atoms with van der Waals surface area (Å²) in [6, 6.07) is 0.784. The van der Waals surface area contributed by atoms with Crippen molar-refractivity contribution in [1.29, 1.82) is 0 Å². The molecule has 2 rings (SSSR count). The second-order valence-corrected chi connectivity index (χ2v) is 7.27. The number of hydrogen-bond donors (Lipinski definition) is 2. The van der Waals surface area contributed by atoms with E-state index in [0.717, 1.165) is 12.6 Å². The molecule has 2 nitrogen and oxygen atoms in total. The van der Waals surface area contributed by atoms with Crippen LogP contribution in [0, 0.1) is 22.7 Å². The van der Waals surface area contributed by atoms with E-state index in [9.17, 15) is 0 Å². The van der Waals surface area contributed by atoms with Gasteiger partial charge in [-0.25, -0.2) is 0 Å². The quantitative estimate of drug-likeness (QED) is 0.648. The van der Waals surface area contributed by atoms with Crippen LogP contribution in [0.2, 0.25) is 0 Å². The van der Waals surface area contributed by atoms with Gasteiger partial charge in [0.2, 0.25) is 0 Å². The molecule has 1 unspecified atom stereocenters. The third kappa shape index (κ3) is 3.03. The van der Waals surface area contributed by atoms with E-state index in [1.807, 2.05) is 0 Å². The lowest BCUT2D eigenvalue weighted by atomic mass is 9.65. The molecule has 1 heterocycles. The fraction of sp³-hybridized carbons (Fsp3) is 0.867. The van der Waals surface area contributed by atoms with Crippen molar-refractivity contribution in [2.24, 2.45) is 10.8 Å². The summed E-state index contributed by atoms with van der Waals surface area (Å²) in [4.78, 5) is 1.64. The van der Waals surface area contributed by atoms with Gasteiger partial charge in [0, 0.05) is 18.3 Å². The Morgan fingerprint density at radius 2 is 2.06 bits per heavy atom. The second kappa shape index (κ2) is 4.30. The molecule has 1 aliphatic heterocycles. The zero-order valence-electron chi connectivity index (χ0n) is 11.6. The predicted octanol–water partition coefficient (Wildman–Crippen LogP) is 0.854. The first kappa shape index (κ1) is 12.9. The average Bonchev–Trinajstić information content (AvgIpc) is 2.34. The zero-order chi connectivity index (χ0) is 12.7. The molecule has 0 radical (unpaired) electrons. The van der Waals surface area contributed by atoms with Crippen molar-refractivity contribution in [2.75, 3.05) is 13.1 Å². The standard InChI is InChI=1S/C15H25NO/c1-12(17)6-5-7-16-11-15(4)9-13(16)8-14(2,3)10-15/h12-13,17H,7-11H2,1-4H3/p+1/t12-,13-,15-/m1/s1. The largest absolute Gasteiger partial charge is 0.381 e. The number of rotatable bonds is 1. The molecule has 0 aromatic carbocycles. The maximum atomic E-state index is 9.16. The average molecular weight is 236 g/mol. The number of quaternary nitrogens is 1. The van der Waals surface area contributed by atoms with Crippen LogP contribution in [0.15, 0.2) is 0 Å². The fourth-order valence-corrected chi connectivity index (χ4v) is 4.27. The molecule has 4 atom stereocenters. The number of nitrogens with one attached hydrogen (secondary N) is 1. The first-order chi connectivity index (χ1) is 7.80. The van der Waals surface area contributed by atoms with Crippen molar-refractivity contribution in [3.63, 3.8) is 0 Å². The van der Waals surface area contributed by atoms with Crippen molar-refractivity contribution in [3.8, 4) is 11.8 Å². The van der Waals surface area contributed by atoms with Gasteiger partial charge in [0.15, 0.2) is 0 Å². The Hall–Kier alpha value is -0.520. The lowest BCUT2D eigenvalue weighted by Gasteiger charge is -2.37. The van der Waals surface area contributed by atoms with Crippen LogP contribution in [-0.2, 0) is 0 Å². The van der Waals surface area contributed by atoms with Crippen LogP contribution in [0.3, 0.4) is 0 Å². The summed E-state index contributed by atoms with van der Waals surface area (Å²) in [6.45, 7) is 11.1. The molecule has 2 bridgehead atoms. The Labute approximate surface area is 105 Å². The van der Waals surface area contributed by atoms with Crippen molar-refractivity contribution in [1.82, 2.24) is 0 Å². The van der Waals surface area contributed by atoms with Gasteiger partial charge in [-0.2, -0.15) is 0 Å². The summed E-state index contributed by atoms with van der Waals surface area (Å²) in [7, 11) is 0. The van der Waals surface area contributed by atoms with E-state index in [1.165, 1.54) is 25.8 Å². The third-order valence-electron chi connectivity index (χ3n) is 4.30. The van der Waals surface area contributed by atoms with Gasteiger partial charge in [-0.1, -0.05) is 26.7 Å². The van der Waals surface area contributed by atoms with Gasteiger partial charge in [0.1, 0.15) is 12.6 Å². The highest BCUT2D eigenvalue weighted by Crippen LogP contribution is 2.47. The van der Waals surface area contributed by atoms with Gasteiger partial charge in [0.25, 0.3) is 0 Å². The van der Waals surface area contributed by atoms with Gasteiger partial charge < -0.3 is 10.0 Å². The van der Waals surface area contributed by atoms with E-state index < -0.39 is 6.10 Å². The van der Waals surface area contributed by atoms with Crippen LogP contribution in [0.1, 0.15) is 47.0 Å². The molecule has 2 N–H and O–H groups in total. The van der Waals surface area contributed by atoms with Gasteiger partial charge in [-0.05, 0) is 24.7 Å². The molecule has 0 amide bonds. The fourth-order valence-electron chi connectivity index (χ4n) is 4.27. The highest BCUT2D eigenvalue weighted by Gasteiger charge is 2.52. The molecule has 2 fully saturated rings. The number of hydrogen-bond acceptors (Lipinski definition) is 1. The summed E-state index contributed by atoms with van der Waals surface area (Å²) in [5.41, 5.74) is 1.02.